The second-order valence-corrected chi connectivity index (χ2v) is 12.9. The maximum atomic E-state index is 6.08. The molecule has 2 atom stereocenters. The fraction of sp³-hybridized carbons (Fsp3) is 0.316. The summed E-state index contributed by atoms with van der Waals surface area (Å²) in [4.78, 5) is 21.6. The Labute approximate surface area is 269 Å². The molecule has 0 saturated carbocycles. The summed E-state index contributed by atoms with van der Waals surface area (Å²) in [6, 6.07) is 30.2. The van der Waals surface area contributed by atoms with Crippen LogP contribution in [-0.4, -0.2) is 82.2 Å². The Hall–Kier alpha value is -4.66. The number of hydrogen-bond donors (Lipinski definition) is 2. The van der Waals surface area contributed by atoms with Gasteiger partial charge in [0.2, 0.25) is 0 Å². The molecule has 4 heterocycles. The molecule has 4 aromatic carbocycles. The van der Waals surface area contributed by atoms with Gasteiger partial charge in [0, 0.05) is 23.2 Å². The summed E-state index contributed by atoms with van der Waals surface area (Å²) in [5.74, 6) is 3.49. The van der Waals surface area contributed by atoms with Crippen molar-refractivity contribution in [3.63, 3.8) is 0 Å². The van der Waals surface area contributed by atoms with Gasteiger partial charge in [-0.3, -0.25) is 0 Å². The minimum Gasteiger partial charge on any atom is -0.492 e. The second-order valence-electron chi connectivity index (χ2n) is 12.9. The van der Waals surface area contributed by atoms with Gasteiger partial charge in [0.05, 0.1) is 22.1 Å². The third-order valence-electron chi connectivity index (χ3n) is 9.78. The van der Waals surface area contributed by atoms with E-state index in [1.54, 1.807) is 0 Å². The number of aromatic amines is 2. The van der Waals surface area contributed by atoms with Crippen molar-refractivity contribution in [3.05, 3.63) is 84.9 Å². The molecular formula is C38H40N6O2. The Kier molecular flexibility index (Phi) is 7.68. The van der Waals surface area contributed by atoms with Crippen LogP contribution in [0.5, 0.6) is 11.5 Å². The summed E-state index contributed by atoms with van der Waals surface area (Å²) < 4.78 is 12.2. The van der Waals surface area contributed by atoms with E-state index < -0.39 is 0 Å². The molecule has 2 aromatic heterocycles. The van der Waals surface area contributed by atoms with Crippen LogP contribution in [-0.2, 0) is 0 Å². The van der Waals surface area contributed by atoms with Crippen LogP contribution < -0.4 is 9.47 Å². The number of fused-ring (bicyclic) bond motifs is 2. The third-order valence-corrected chi connectivity index (χ3v) is 9.78. The predicted molar refractivity (Wildman–Crippen MR) is 184 cm³/mol. The zero-order valence-corrected chi connectivity index (χ0v) is 26.5. The van der Waals surface area contributed by atoms with Crippen LogP contribution in [0.2, 0.25) is 0 Å². The summed E-state index contributed by atoms with van der Waals surface area (Å²) >= 11 is 0. The molecule has 2 aliphatic rings. The Morgan fingerprint density at radius 2 is 1.00 bits per heavy atom. The highest BCUT2D eigenvalue weighted by atomic mass is 16.5. The Morgan fingerprint density at radius 3 is 1.39 bits per heavy atom. The van der Waals surface area contributed by atoms with Gasteiger partial charge in [0.1, 0.15) is 36.4 Å². The minimum atomic E-state index is 0.506. The van der Waals surface area contributed by atoms with E-state index in [0.29, 0.717) is 12.1 Å². The number of likely N-dealkylation sites (tertiary alicyclic amines) is 2. The van der Waals surface area contributed by atoms with E-state index in [1.165, 1.54) is 25.7 Å². The van der Waals surface area contributed by atoms with Gasteiger partial charge in [-0.25, -0.2) is 9.97 Å². The highest BCUT2D eigenvalue weighted by Gasteiger charge is 2.22. The lowest BCUT2D eigenvalue weighted by atomic mass is 10.0. The normalized spacial score (nSPS) is 19.0. The number of likely N-dealkylation sites (N-methyl/N-ethyl adjacent to an activating group) is 2. The molecule has 2 saturated heterocycles. The van der Waals surface area contributed by atoms with E-state index in [1.807, 2.05) is 24.3 Å². The van der Waals surface area contributed by atoms with E-state index in [4.69, 9.17) is 19.4 Å². The van der Waals surface area contributed by atoms with E-state index >= 15 is 0 Å². The first-order valence-corrected chi connectivity index (χ1v) is 16.4. The molecule has 0 amide bonds. The van der Waals surface area contributed by atoms with Crippen LogP contribution in [0.1, 0.15) is 25.7 Å². The average Bonchev–Trinajstić information content (AvgIpc) is 3.89. The maximum Gasteiger partial charge on any atom is 0.138 e. The van der Waals surface area contributed by atoms with Gasteiger partial charge < -0.3 is 29.2 Å². The van der Waals surface area contributed by atoms with Crippen molar-refractivity contribution in [2.24, 2.45) is 0 Å². The van der Waals surface area contributed by atoms with Gasteiger partial charge >= 0.3 is 0 Å². The van der Waals surface area contributed by atoms with Crippen LogP contribution in [0.15, 0.2) is 84.9 Å². The van der Waals surface area contributed by atoms with Crippen LogP contribution in [0.3, 0.4) is 0 Å². The second kappa shape index (κ2) is 12.3. The maximum absolute atomic E-state index is 6.08. The van der Waals surface area contributed by atoms with Gasteiger partial charge in [0.15, 0.2) is 0 Å². The molecule has 234 valence electrons. The van der Waals surface area contributed by atoms with Gasteiger partial charge in [-0.2, -0.15) is 0 Å². The summed E-state index contributed by atoms with van der Waals surface area (Å²) in [7, 11) is 4.35. The standard InChI is InChI=1S/C38H40N6O2/c1-43-19-3-5-29(43)23-45-31-13-7-25(8-14-31)37-39-33-17-11-27(21-35(33)41-37)28-12-18-34-36(22-28)42-38(40-34)26-9-15-32(16-10-26)46-24-30-6-4-20-44(30)2/h7-18,21-22,29-30H,3-6,19-20,23-24H2,1-2H3,(H,39,41)(H,40,42)/t29-,30-/m0/s1. The van der Waals surface area contributed by atoms with Crippen molar-refractivity contribution in [1.82, 2.24) is 29.7 Å². The van der Waals surface area contributed by atoms with Crippen LogP contribution in [0, 0.1) is 0 Å². The molecule has 0 spiro atoms. The molecule has 8 heteroatoms. The molecule has 2 fully saturated rings. The van der Waals surface area contributed by atoms with Gasteiger partial charge in [-0.15, -0.1) is 0 Å². The number of benzene rings is 4. The number of nitrogens with zero attached hydrogens (tertiary/aromatic N) is 4. The molecule has 8 nitrogen and oxygen atoms in total. The summed E-state index contributed by atoms with van der Waals surface area (Å²) in [6.07, 6.45) is 4.91. The summed E-state index contributed by atoms with van der Waals surface area (Å²) in [5, 5.41) is 0. The number of H-pyrrole nitrogens is 2. The first kappa shape index (κ1) is 28.8. The Morgan fingerprint density at radius 1 is 0.587 bits per heavy atom. The molecule has 2 N–H and O–H groups in total. The first-order chi connectivity index (χ1) is 22.6. The van der Waals surface area contributed by atoms with Crippen molar-refractivity contribution < 1.29 is 9.47 Å². The molecule has 0 bridgehead atoms. The highest BCUT2D eigenvalue weighted by molar-refractivity contribution is 5.88. The minimum absolute atomic E-state index is 0.506. The number of hydrogen-bond acceptors (Lipinski definition) is 6. The zero-order chi connectivity index (χ0) is 31.0. The number of ether oxygens (including phenoxy) is 2. The third kappa shape index (κ3) is 5.86. The van der Waals surface area contributed by atoms with Crippen molar-refractivity contribution in [2.45, 2.75) is 37.8 Å². The SMILES string of the molecule is CN1CCC[C@H]1COc1ccc(-c2nc3cc(-c4ccc5[nH]c(-c6ccc(OC[C@@H]7CCCN7C)cc6)nc5c4)ccc3[nH]2)cc1. The topological polar surface area (TPSA) is 82.3 Å². The van der Waals surface area contributed by atoms with Gasteiger partial charge in [-0.05, 0) is 137 Å². The smallest absolute Gasteiger partial charge is 0.138 e. The number of rotatable bonds is 9. The van der Waals surface area contributed by atoms with E-state index in [-0.39, 0.29) is 0 Å². The number of imidazole rings is 2. The molecular weight excluding hydrogens is 572 g/mol. The van der Waals surface area contributed by atoms with E-state index in [0.717, 1.165) is 93.8 Å². The molecule has 8 rings (SSSR count). The van der Waals surface area contributed by atoms with Crippen LogP contribution in [0.25, 0.3) is 56.0 Å². The van der Waals surface area contributed by atoms with Gasteiger partial charge in [0.25, 0.3) is 0 Å². The van der Waals surface area contributed by atoms with E-state index in [9.17, 15) is 0 Å². The first-order valence-electron chi connectivity index (χ1n) is 16.4. The largest absolute Gasteiger partial charge is 0.492 e. The highest BCUT2D eigenvalue weighted by Crippen LogP contribution is 2.30. The lowest BCUT2D eigenvalue weighted by molar-refractivity contribution is 0.198. The summed E-state index contributed by atoms with van der Waals surface area (Å²) in [5.41, 5.74) is 8.16. The zero-order valence-electron chi connectivity index (χ0n) is 26.5. The molecule has 0 unspecified atom stereocenters. The van der Waals surface area contributed by atoms with Crippen molar-refractivity contribution in [3.8, 4) is 45.4 Å². The lowest BCUT2D eigenvalue weighted by Crippen LogP contribution is -2.30. The van der Waals surface area contributed by atoms with Crippen molar-refractivity contribution in [1.29, 1.82) is 0 Å². The number of nitrogens with one attached hydrogen (secondary N) is 2. The fourth-order valence-corrected chi connectivity index (χ4v) is 6.83. The molecule has 46 heavy (non-hydrogen) atoms. The number of aromatic nitrogens is 4. The average molecular weight is 613 g/mol. The van der Waals surface area contributed by atoms with Crippen LogP contribution >= 0.6 is 0 Å². The van der Waals surface area contributed by atoms with Crippen molar-refractivity contribution >= 4 is 22.1 Å². The van der Waals surface area contributed by atoms with Crippen molar-refractivity contribution in [2.75, 3.05) is 40.4 Å². The summed E-state index contributed by atoms with van der Waals surface area (Å²) in [6.45, 7) is 3.78. The molecule has 6 aromatic rings. The molecule has 0 aliphatic carbocycles. The lowest BCUT2D eigenvalue weighted by Gasteiger charge is -2.19. The fourth-order valence-electron chi connectivity index (χ4n) is 6.83. The van der Waals surface area contributed by atoms with E-state index in [2.05, 4.69) is 94.5 Å². The van der Waals surface area contributed by atoms with Crippen LogP contribution in [0.4, 0.5) is 0 Å². The quantitative estimate of drug-likeness (QED) is 0.177. The Bertz CT molecular complexity index is 1820. The monoisotopic (exact) mass is 612 g/mol. The molecule has 0 radical (unpaired) electrons. The molecule has 2 aliphatic heterocycles. The Balaban J connectivity index is 0.957. The van der Waals surface area contributed by atoms with Gasteiger partial charge in [-0.1, -0.05) is 12.1 Å². The predicted octanol–water partition coefficient (Wildman–Crippen LogP) is 7.39.